The first-order chi connectivity index (χ1) is 10.2. The van der Waals surface area contributed by atoms with Crippen molar-refractivity contribution in [1.82, 2.24) is 0 Å². The van der Waals surface area contributed by atoms with Crippen LogP contribution in [0, 0.1) is 6.92 Å². The number of phenols is 1. The second kappa shape index (κ2) is 7.67. The first-order valence-electron chi connectivity index (χ1n) is 7.80. The van der Waals surface area contributed by atoms with Gasteiger partial charge in [0.2, 0.25) is 0 Å². The highest BCUT2D eigenvalue weighted by atomic mass is 16.5. The topological polar surface area (TPSA) is 46.5 Å². The van der Waals surface area contributed by atoms with E-state index in [2.05, 4.69) is 71.9 Å². The molecule has 0 saturated heterocycles. The highest BCUT2D eigenvalue weighted by Crippen LogP contribution is 2.39. The molecule has 1 N–H and O–H groups in total. The zero-order valence-corrected chi connectivity index (χ0v) is 16.1. The molecule has 0 unspecified atom stereocenters. The number of methoxy groups -OCH3 is 1. The van der Waals surface area contributed by atoms with Gasteiger partial charge in [0.1, 0.15) is 5.75 Å². The Labute approximate surface area is 141 Å². The normalized spacial score (nSPS) is 11.3. The van der Waals surface area contributed by atoms with Crippen molar-refractivity contribution in [3.63, 3.8) is 0 Å². The Bertz CT molecular complexity index is 535. The Balaban J connectivity index is 0.000000585. The molecule has 1 rings (SSSR count). The van der Waals surface area contributed by atoms with Crippen LogP contribution in [-0.2, 0) is 20.4 Å². The molecule has 3 nitrogen and oxygen atoms in total. The zero-order chi connectivity index (χ0) is 18.6. The maximum absolute atomic E-state index is 10.4. The van der Waals surface area contributed by atoms with Crippen molar-refractivity contribution >= 4 is 5.97 Å². The van der Waals surface area contributed by atoms with Crippen LogP contribution in [-0.4, -0.2) is 18.2 Å². The maximum Gasteiger partial charge on any atom is 0.332 e. The van der Waals surface area contributed by atoms with E-state index in [1.54, 1.807) is 6.92 Å². The van der Waals surface area contributed by atoms with Crippen LogP contribution in [0.1, 0.15) is 65.2 Å². The average molecular weight is 320 g/mol. The largest absolute Gasteiger partial charge is 0.507 e. The molecule has 0 aliphatic rings. The summed E-state index contributed by atoms with van der Waals surface area (Å²) in [6.45, 7) is 19.8. The lowest BCUT2D eigenvalue weighted by Gasteiger charge is -2.27. The van der Waals surface area contributed by atoms with Crippen molar-refractivity contribution < 1.29 is 14.6 Å². The van der Waals surface area contributed by atoms with Gasteiger partial charge in [0.25, 0.3) is 0 Å². The molecule has 0 saturated carbocycles. The van der Waals surface area contributed by atoms with Gasteiger partial charge >= 0.3 is 5.97 Å². The molecule has 0 aromatic heterocycles. The fourth-order valence-corrected chi connectivity index (χ4v) is 2.10. The quantitative estimate of drug-likeness (QED) is 0.583. The molecule has 23 heavy (non-hydrogen) atoms. The van der Waals surface area contributed by atoms with Gasteiger partial charge in [-0.25, -0.2) is 4.79 Å². The van der Waals surface area contributed by atoms with Gasteiger partial charge in [-0.2, -0.15) is 0 Å². The minimum Gasteiger partial charge on any atom is -0.507 e. The Morgan fingerprint density at radius 2 is 1.39 bits per heavy atom. The van der Waals surface area contributed by atoms with Gasteiger partial charge in [-0.3, -0.25) is 0 Å². The molecule has 1 aromatic rings. The molecule has 0 amide bonds. The van der Waals surface area contributed by atoms with Crippen LogP contribution in [0.15, 0.2) is 24.3 Å². The molecule has 0 atom stereocenters. The minimum absolute atomic E-state index is 0.0178. The van der Waals surface area contributed by atoms with Crippen LogP contribution in [0.5, 0.6) is 5.75 Å². The van der Waals surface area contributed by atoms with E-state index in [0.29, 0.717) is 11.3 Å². The SMILES string of the molecule is C=C(C)C(=O)OC.Cc1cc(C(C)(C)C)c(O)c(C(C)(C)C)c1. The van der Waals surface area contributed by atoms with Crippen molar-refractivity contribution in [2.24, 2.45) is 0 Å². The zero-order valence-electron chi connectivity index (χ0n) is 16.1. The molecular weight excluding hydrogens is 288 g/mol. The molecule has 0 fully saturated rings. The summed E-state index contributed by atoms with van der Waals surface area (Å²) in [5.41, 5.74) is 3.69. The Hall–Kier alpha value is -1.77. The molecule has 130 valence electrons. The van der Waals surface area contributed by atoms with Crippen LogP contribution in [0.4, 0.5) is 0 Å². The molecule has 0 aliphatic heterocycles. The second-order valence-electron chi connectivity index (χ2n) is 7.98. The van der Waals surface area contributed by atoms with Gasteiger partial charge in [0, 0.05) is 5.57 Å². The predicted molar refractivity (Wildman–Crippen MR) is 97.1 cm³/mol. The summed E-state index contributed by atoms with van der Waals surface area (Å²) >= 11 is 0. The number of esters is 1. The fourth-order valence-electron chi connectivity index (χ4n) is 2.10. The molecule has 0 radical (unpaired) electrons. The standard InChI is InChI=1S/C15H24O.C5H8O2/c1-10-8-11(14(2,3)4)13(16)12(9-10)15(5,6)7;1-4(2)5(6)7-3/h8-9,16H,1-7H3;1H2,2-3H3. The smallest absolute Gasteiger partial charge is 0.332 e. The first kappa shape index (κ1) is 21.2. The van der Waals surface area contributed by atoms with Crippen LogP contribution < -0.4 is 0 Å². The average Bonchev–Trinajstić information content (AvgIpc) is 2.38. The van der Waals surface area contributed by atoms with Crippen LogP contribution >= 0.6 is 0 Å². The summed E-state index contributed by atoms with van der Waals surface area (Å²) in [6.07, 6.45) is 0. The molecule has 0 heterocycles. The van der Waals surface area contributed by atoms with Crippen LogP contribution in [0.25, 0.3) is 0 Å². The third-order valence-corrected chi connectivity index (χ3v) is 3.40. The number of hydrogen-bond donors (Lipinski definition) is 1. The molecule has 0 bridgehead atoms. The van der Waals surface area contributed by atoms with E-state index in [1.807, 2.05) is 0 Å². The monoisotopic (exact) mass is 320 g/mol. The summed E-state index contributed by atoms with van der Waals surface area (Å²) in [7, 11) is 1.33. The Morgan fingerprint density at radius 1 is 1.04 bits per heavy atom. The van der Waals surface area contributed by atoms with Gasteiger partial charge in [-0.15, -0.1) is 0 Å². The molecular formula is C20H32O3. The van der Waals surface area contributed by atoms with Crippen molar-refractivity contribution in [1.29, 1.82) is 0 Å². The van der Waals surface area contributed by atoms with Gasteiger partial charge in [-0.05, 0) is 35.8 Å². The summed E-state index contributed by atoms with van der Waals surface area (Å²) in [5, 5.41) is 10.4. The summed E-state index contributed by atoms with van der Waals surface area (Å²) in [6, 6.07) is 4.18. The van der Waals surface area contributed by atoms with E-state index in [4.69, 9.17) is 0 Å². The van der Waals surface area contributed by atoms with Crippen LogP contribution in [0.3, 0.4) is 0 Å². The van der Waals surface area contributed by atoms with E-state index in [-0.39, 0.29) is 16.8 Å². The molecule has 0 aliphatic carbocycles. The van der Waals surface area contributed by atoms with Gasteiger partial charge in [-0.1, -0.05) is 65.8 Å². The first-order valence-corrected chi connectivity index (χ1v) is 7.80. The number of carbonyl (C=O) groups is 1. The van der Waals surface area contributed by atoms with E-state index in [9.17, 15) is 9.90 Å². The summed E-state index contributed by atoms with van der Waals surface area (Å²) in [4.78, 5) is 10.2. The summed E-state index contributed by atoms with van der Waals surface area (Å²) < 4.78 is 4.27. The van der Waals surface area contributed by atoms with E-state index in [0.717, 1.165) is 11.1 Å². The van der Waals surface area contributed by atoms with Crippen molar-refractivity contribution in [3.8, 4) is 5.75 Å². The number of phenolic OH excluding ortho intramolecular Hbond substituents is 1. The third kappa shape index (κ3) is 6.47. The van der Waals surface area contributed by atoms with Crippen molar-refractivity contribution in [3.05, 3.63) is 41.0 Å². The van der Waals surface area contributed by atoms with E-state index in [1.165, 1.54) is 12.7 Å². The molecule has 1 aromatic carbocycles. The van der Waals surface area contributed by atoms with E-state index < -0.39 is 0 Å². The highest BCUT2D eigenvalue weighted by Gasteiger charge is 2.25. The lowest BCUT2D eigenvalue weighted by atomic mass is 9.78. The number of aromatic hydroxyl groups is 1. The Kier molecular flexibility index (Phi) is 7.08. The third-order valence-electron chi connectivity index (χ3n) is 3.40. The van der Waals surface area contributed by atoms with Gasteiger partial charge in [0.15, 0.2) is 0 Å². The van der Waals surface area contributed by atoms with Gasteiger partial charge < -0.3 is 9.84 Å². The van der Waals surface area contributed by atoms with Crippen molar-refractivity contribution in [2.45, 2.75) is 66.2 Å². The number of aryl methyl sites for hydroxylation is 1. The van der Waals surface area contributed by atoms with Crippen LogP contribution in [0.2, 0.25) is 0 Å². The number of carbonyl (C=O) groups excluding carboxylic acids is 1. The highest BCUT2D eigenvalue weighted by molar-refractivity contribution is 5.86. The second-order valence-corrected chi connectivity index (χ2v) is 7.98. The lowest BCUT2D eigenvalue weighted by molar-refractivity contribution is -0.136. The summed E-state index contributed by atoms with van der Waals surface area (Å²) in [5.74, 6) is 0.116. The Morgan fingerprint density at radius 3 is 1.57 bits per heavy atom. The fraction of sp³-hybridized carbons (Fsp3) is 0.550. The number of benzene rings is 1. The number of ether oxygens (including phenoxy) is 1. The molecule has 3 heteroatoms. The van der Waals surface area contributed by atoms with E-state index >= 15 is 0 Å². The lowest BCUT2D eigenvalue weighted by Crippen LogP contribution is -2.17. The molecule has 0 spiro atoms. The minimum atomic E-state index is -0.347. The predicted octanol–water partition coefficient (Wildman–Crippen LogP) is 5.03. The number of hydrogen-bond acceptors (Lipinski definition) is 3. The maximum atomic E-state index is 10.4. The van der Waals surface area contributed by atoms with Crippen molar-refractivity contribution in [2.75, 3.05) is 7.11 Å². The number of rotatable bonds is 1. The van der Waals surface area contributed by atoms with Gasteiger partial charge in [0.05, 0.1) is 7.11 Å².